The van der Waals surface area contributed by atoms with Gasteiger partial charge in [-0.2, -0.15) is 0 Å². The summed E-state index contributed by atoms with van der Waals surface area (Å²) in [5, 5.41) is 0. The molecule has 8 heteroatoms. The largest absolute Gasteiger partial charge is 0.433 e. The van der Waals surface area contributed by atoms with Gasteiger partial charge < -0.3 is 18.5 Å². The second kappa shape index (κ2) is 4.57. The molecule has 16 heavy (non-hydrogen) atoms. The van der Waals surface area contributed by atoms with Crippen molar-refractivity contribution in [1.29, 1.82) is 0 Å². The summed E-state index contributed by atoms with van der Waals surface area (Å²) >= 11 is 0. The SMILES string of the molecule is [B]1N(c2ncco2)C=CN1c1ncco1.[Pt]. The fraction of sp³-hybridized carbons (Fsp3) is 0. The Bertz CT molecular complexity index is 416. The standard InChI is InChI=1S/C8H6BN4O2.Pt/c1-5-14-7(10-1)12-3-4-13(9-12)8-11-2-6-15-8;/h1-6H;. The van der Waals surface area contributed by atoms with Gasteiger partial charge in [0, 0.05) is 33.5 Å². The molecule has 0 N–H and O–H groups in total. The molecule has 2 aromatic rings. The maximum absolute atomic E-state index is 5.14. The number of aromatic nitrogens is 2. The van der Waals surface area contributed by atoms with Gasteiger partial charge in [-0.3, -0.25) is 0 Å². The van der Waals surface area contributed by atoms with Gasteiger partial charge in [0.05, 0.1) is 12.4 Å². The van der Waals surface area contributed by atoms with Gasteiger partial charge in [0.2, 0.25) is 0 Å². The number of nitrogens with zero attached hydrogens (tertiary/aromatic N) is 4. The smallest absolute Gasteiger partial charge is 0.408 e. The molecule has 1 radical (unpaired) electrons. The Kier molecular flexibility index (Phi) is 3.15. The van der Waals surface area contributed by atoms with E-state index in [1.54, 1.807) is 42.0 Å². The summed E-state index contributed by atoms with van der Waals surface area (Å²) in [6.07, 6.45) is 9.82. The van der Waals surface area contributed by atoms with Crippen LogP contribution in [0, 0.1) is 0 Å². The normalized spacial score (nSPS) is 13.8. The van der Waals surface area contributed by atoms with Crippen LogP contribution in [0.1, 0.15) is 0 Å². The van der Waals surface area contributed by atoms with E-state index < -0.39 is 0 Å². The Morgan fingerprint density at radius 2 is 1.44 bits per heavy atom. The summed E-state index contributed by atoms with van der Waals surface area (Å²) in [4.78, 5) is 11.5. The molecule has 2 aromatic heterocycles. The zero-order valence-electron chi connectivity index (χ0n) is 7.96. The van der Waals surface area contributed by atoms with Crippen molar-refractivity contribution in [3.63, 3.8) is 0 Å². The van der Waals surface area contributed by atoms with Crippen LogP contribution in [0.5, 0.6) is 0 Å². The summed E-state index contributed by atoms with van der Waals surface area (Å²) in [5.41, 5.74) is 0. The van der Waals surface area contributed by atoms with E-state index in [1.165, 1.54) is 12.5 Å². The molecule has 0 aromatic carbocycles. The molecule has 6 nitrogen and oxygen atoms in total. The number of oxazole rings is 2. The first kappa shape index (κ1) is 11.0. The molecule has 0 saturated carbocycles. The van der Waals surface area contributed by atoms with E-state index in [2.05, 4.69) is 9.97 Å². The summed E-state index contributed by atoms with van der Waals surface area (Å²) in [6, 6.07) is 1.00. The molecule has 1 aliphatic rings. The fourth-order valence-electron chi connectivity index (χ4n) is 1.27. The third-order valence-electron chi connectivity index (χ3n) is 1.92. The van der Waals surface area contributed by atoms with Crippen LogP contribution in [0.2, 0.25) is 0 Å². The average molecular weight is 396 g/mol. The Morgan fingerprint density at radius 1 is 0.938 bits per heavy atom. The molecule has 3 rings (SSSR count). The van der Waals surface area contributed by atoms with Crippen molar-refractivity contribution >= 4 is 19.6 Å². The molecule has 0 bridgehead atoms. The molecule has 0 atom stereocenters. The second-order valence-corrected chi connectivity index (χ2v) is 2.86. The van der Waals surface area contributed by atoms with Gasteiger partial charge in [-0.05, 0) is 0 Å². The van der Waals surface area contributed by atoms with Crippen LogP contribution in [-0.4, -0.2) is 17.5 Å². The zero-order valence-corrected chi connectivity index (χ0v) is 10.2. The van der Waals surface area contributed by atoms with Crippen molar-refractivity contribution in [2.45, 2.75) is 0 Å². The minimum absolute atomic E-state index is 0. The van der Waals surface area contributed by atoms with Gasteiger partial charge in [0.15, 0.2) is 0 Å². The van der Waals surface area contributed by atoms with Crippen LogP contribution in [0.4, 0.5) is 12.0 Å². The fourth-order valence-corrected chi connectivity index (χ4v) is 1.27. The average Bonchev–Trinajstić information content (AvgIpc) is 3.02. The van der Waals surface area contributed by atoms with Gasteiger partial charge in [0.25, 0.3) is 12.0 Å². The van der Waals surface area contributed by atoms with E-state index in [0.717, 1.165) is 0 Å². The second-order valence-electron chi connectivity index (χ2n) is 2.86. The first-order valence-corrected chi connectivity index (χ1v) is 4.32. The molecular weight excluding hydrogens is 390 g/mol. The van der Waals surface area contributed by atoms with Crippen LogP contribution in [-0.2, 0) is 21.1 Å². The van der Waals surface area contributed by atoms with E-state index in [-0.39, 0.29) is 21.1 Å². The van der Waals surface area contributed by atoms with E-state index >= 15 is 0 Å². The summed E-state index contributed by atoms with van der Waals surface area (Å²) in [5.74, 6) is 0. The van der Waals surface area contributed by atoms with Crippen molar-refractivity contribution in [2.24, 2.45) is 0 Å². The Labute approximate surface area is 106 Å². The molecule has 0 aliphatic carbocycles. The van der Waals surface area contributed by atoms with E-state index in [9.17, 15) is 0 Å². The summed E-state index contributed by atoms with van der Waals surface area (Å²) < 4.78 is 10.3. The van der Waals surface area contributed by atoms with Crippen molar-refractivity contribution in [3.8, 4) is 0 Å². The molecule has 0 spiro atoms. The van der Waals surface area contributed by atoms with Gasteiger partial charge in [-0.15, -0.1) is 0 Å². The quantitative estimate of drug-likeness (QED) is 0.707. The van der Waals surface area contributed by atoms with Crippen molar-refractivity contribution in [2.75, 3.05) is 9.62 Å². The van der Waals surface area contributed by atoms with Gasteiger partial charge >= 0.3 is 7.55 Å². The van der Waals surface area contributed by atoms with Crippen LogP contribution in [0.3, 0.4) is 0 Å². The van der Waals surface area contributed by atoms with Crippen LogP contribution >= 0.6 is 0 Å². The van der Waals surface area contributed by atoms with Gasteiger partial charge in [-0.1, -0.05) is 0 Å². The van der Waals surface area contributed by atoms with Crippen molar-refractivity contribution in [1.82, 2.24) is 9.97 Å². The number of hydrogen-bond acceptors (Lipinski definition) is 6. The molecule has 3 heterocycles. The molecule has 0 fully saturated rings. The minimum atomic E-state index is 0. The molecule has 1 aliphatic heterocycles. The first-order valence-electron chi connectivity index (χ1n) is 4.32. The van der Waals surface area contributed by atoms with Crippen LogP contribution < -0.4 is 9.62 Å². The predicted molar refractivity (Wildman–Crippen MR) is 52.9 cm³/mol. The predicted octanol–water partition coefficient (Wildman–Crippen LogP) is 0.992. The third kappa shape index (κ3) is 1.90. The van der Waals surface area contributed by atoms with Crippen molar-refractivity contribution in [3.05, 3.63) is 37.3 Å². The number of rotatable bonds is 2. The Hall–Kier alpha value is -1.49. The van der Waals surface area contributed by atoms with Crippen molar-refractivity contribution < 1.29 is 29.9 Å². The summed E-state index contributed by atoms with van der Waals surface area (Å²) in [6.45, 7) is 0. The van der Waals surface area contributed by atoms with Crippen LogP contribution in [0.15, 0.2) is 46.2 Å². The van der Waals surface area contributed by atoms with Crippen LogP contribution in [0.25, 0.3) is 0 Å². The Balaban J connectivity index is 0.000000963. The van der Waals surface area contributed by atoms with E-state index in [4.69, 9.17) is 8.83 Å². The molecule has 0 unspecified atom stereocenters. The van der Waals surface area contributed by atoms with E-state index in [0.29, 0.717) is 12.0 Å². The topological polar surface area (TPSA) is 58.5 Å². The minimum Gasteiger partial charge on any atom is -0.433 e. The first-order chi connectivity index (χ1) is 7.43. The summed E-state index contributed by atoms with van der Waals surface area (Å²) in [7, 11) is 1.76. The molecular formula is C8H6BN4O2Pt. The molecule has 0 saturated heterocycles. The maximum atomic E-state index is 5.14. The monoisotopic (exact) mass is 396 g/mol. The number of anilines is 2. The molecule has 83 valence electrons. The van der Waals surface area contributed by atoms with E-state index in [1.807, 2.05) is 0 Å². The zero-order chi connectivity index (χ0) is 10.1. The molecule has 0 amide bonds. The maximum Gasteiger partial charge on any atom is 0.408 e. The van der Waals surface area contributed by atoms with Gasteiger partial charge in [-0.25, -0.2) is 9.97 Å². The number of hydrogen-bond donors (Lipinski definition) is 0. The Morgan fingerprint density at radius 3 is 1.81 bits per heavy atom. The third-order valence-corrected chi connectivity index (χ3v) is 1.92. The van der Waals surface area contributed by atoms with Gasteiger partial charge in [0.1, 0.15) is 12.5 Å².